The van der Waals surface area contributed by atoms with Crippen LogP contribution in [-0.4, -0.2) is 10.2 Å². The number of aryl methyl sites for hydroxylation is 1. The third-order valence-corrected chi connectivity index (χ3v) is 2.53. The van der Waals surface area contributed by atoms with Crippen molar-refractivity contribution in [1.29, 1.82) is 0 Å². The van der Waals surface area contributed by atoms with Crippen LogP contribution in [0.4, 0.5) is 5.69 Å². The van der Waals surface area contributed by atoms with Gasteiger partial charge in [-0.2, -0.15) is 0 Å². The standard InChI is InChI=1S/C10H9N3O4/c1-6-3-8(13(15)16)4-9(7(6)2)12-5-10(14)17-11-12/h3-5H,1-2H3. The smallest absolute Gasteiger partial charge is 0.276 e. The molecule has 88 valence electrons. The molecule has 17 heavy (non-hydrogen) atoms. The molecule has 0 bridgehead atoms. The van der Waals surface area contributed by atoms with Crippen LogP contribution in [-0.2, 0) is 0 Å². The van der Waals surface area contributed by atoms with E-state index in [2.05, 4.69) is 9.79 Å². The van der Waals surface area contributed by atoms with Crippen molar-refractivity contribution in [2.24, 2.45) is 0 Å². The molecule has 0 aliphatic carbocycles. The minimum atomic E-state index is -0.603. The van der Waals surface area contributed by atoms with Crippen molar-refractivity contribution in [3.05, 3.63) is 39.6 Å². The van der Waals surface area contributed by atoms with Gasteiger partial charge in [-0.3, -0.25) is 10.1 Å². The molecule has 0 aliphatic heterocycles. The largest absolute Gasteiger partial charge is 0.539 e. The number of rotatable bonds is 2. The molecule has 0 fully saturated rings. The predicted octanol–water partition coefficient (Wildman–Crippen LogP) is 0.550. The molecule has 0 saturated carbocycles. The van der Waals surface area contributed by atoms with Gasteiger partial charge >= 0.3 is 0 Å². The minimum absolute atomic E-state index is 0.0500. The highest BCUT2D eigenvalue weighted by atomic mass is 16.6. The zero-order chi connectivity index (χ0) is 12.6. The molecule has 0 amide bonds. The Labute approximate surface area is 96.0 Å². The molecule has 0 aliphatic rings. The monoisotopic (exact) mass is 235 g/mol. The van der Waals surface area contributed by atoms with Crippen molar-refractivity contribution >= 4 is 5.69 Å². The summed E-state index contributed by atoms with van der Waals surface area (Å²) in [6.07, 6.45) is 1.13. The van der Waals surface area contributed by atoms with Crippen molar-refractivity contribution in [2.45, 2.75) is 13.8 Å². The van der Waals surface area contributed by atoms with E-state index >= 15 is 0 Å². The van der Waals surface area contributed by atoms with Gasteiger partial charge in [0.05, 0.1) is 16.3 Å². The number of hydrogen-bond donors (Lipinski definition) is 0. The molecule has 1 aromatic heterocycles. The predicted molar refractivity (Wildman–Crippen MR) is 53.6 cm³/mol. The van der Waals surface area contributed by atoms with Crippen molar-refractivity contribution in [3.63, 3.8) is 0 Å². The fraction of sp³-hybridized carbons (Fsp3) is 0.200. The first kappa shape index (κ1) is 11.1. The molecule has 7 nitrogen and oxygen atoms in total. The van der Waals surface area contributed by atoms with Gasteiger partial charge in [0.2, 0.25) is 11.9 Å². The molecule has 0 spiro atoms. The Balaban J connectivity index is 2.64. The second-order valence-corrected chi connectivity index (χ2v) is 3.63. The van der Waals surface area contributed by atoms with Crippen LogP contribution in [0.25, 0.3) is 5.69 Å². The number of nitrogens with zero attached hydrogens (tertiary/aromatic N) is 3. The van der Waals surface area contributed by atoms with E-state index in [0.29, 0.717) is 5.69 Å². The molecule has 0 N–H and O–H groups in total. The summed E-state index contributed by atoms with van der Waals surface area (Å²) in [7, 11) is 0. The Kier molecular flexibility index (Phi) is 2.51. The maximum absolute atomic E-state index is 10.9. The SMILES string of the molecule is Cc1cc([N+](=O)[O-])cc(-[n+]2cc([O-])on2)c1C. The molecule has 7 heteroatoms. The summed E-state index contributed by atoms with van der Waals surface area (Å²) in [4.78, 5) is 10.3. The fourth-order valence-electron chi connectivity index (χ4n) is 1.51. The molecule has 0 unspecified atom stereocenters. The Hall–Kier alpha value is -2.44. The van der Waals surface area contributed by atoms with Crippen LogP contribution in [0.5, 0.6) is 5.95 Å². The van der Waals surface area contributed by atoms with Gasteiger partial charge in [-0.05, 0) is 24.1 Å². The molecular formula is C10H9N3O4. The third-order valence-electron chi connectivity index (χ3n) is 2.53. The molecule has 0 radical (unpaired) electrons. The Morgan fingerprint density at radius 2 is 2.12 bits per heavy atom. The zero-order valence-electron chi connectivity index (χ0n) is 9.21. The van der Waals surface area contributed by atoms with E-state index in [1.807, 2.05) is 0 Å². The summed E-state index contributed by atoms with van der Waals surface area (Å²) in [6.45, 7) is 3.55. The van der Waals surface area contributed by atoms with Gasteiger partial charge in [0.15, 0.2) is 0 Å². The summed E-state index contributed by atoms with van der Waals surface area (Å²) in [5.41, 5.74) is 1.96. The average molecular weight is 235 g/mol. The Morgan fingerprint density at radius 1 is 1.41 bits per heavy atom. The number of benzene rings is 1. The van der Waals surface area contributed by atoms with Crippen LogP contribution in [0.1, 0.15) is 11.1 Å². The van der Waals surface area contributed by atoms with E-state index in [4.69, 9.17) is 0 Å². The molecule has 2 aromatic rings. The van der Waals surface area contributed by atoms with Gasteiger partial charge in [0.1, 0.15) is 5.95 Å². The van der Waals surface area contributed by atoms with Crippen molar-refractivity contribution in [1.82, 2.24) is 5.27 Å². The van der Waals surface area contributed by atoms with Crippen LogP contribution in [0.2, 0.25) is 0 Å². The normalized spacial score (nSPS) is 10.5. The fourth-order valence-corrected chi connectivity index (χ4v) is 1.51. The number of aromatic nitrogens is 2. The van der Waals surface area contributed by atoms with E-state index < -0.39 is 10.9 Å². The van der Waals surface area contributed by atoms with Gasteiger partial charge in [0.25, 0.3) is 5.69 Å². The number of non-ortho nitro benzene ring substituents is 1. The van der Waals surface area contributed by atoms with Crippen LogP contribution < -0.4 is 9.79 Å². The first-order valence-corrected chi connectivity index (χ1v) is 4.80. The Bertz CT molecular complexity index is 591. The third kappa shape index (κ3) is 1.94. The summed E-state index contributed by atoms with van der Waals surface area (Å²) < 4.78 is 5.59. The molecule has 0 saturated heterocycles. The van der Waals surface area contributed by atoms with E-state index in [1.165, 1.54) is 16.8 Å². The van der Waals surface area contributed by atoms with Crippen LogP contribution in [0, 0.1) is 24.0 Å². The van der Waals surface area contributed by atoms with Gasteiger partial charge in [-0.1, -0.05) is 0 Å². The maximum atomic E-state index is 10.9. The quantitative estimate of drug-likeness (QED) is 0.430. The van der Waals surface area contributed by atoms with Crippen molar-refractivity contribution in [2.75, 3.05) is 0 Å². The van der Waals surface area contributed by atoms with E-state index in [0.717, 1.165) is 17.3 Å². The second-order valence-electron chi connectivity index (χ2n) is 3.63. The highest BCUT2D eigenvalue weighted by Gasteiger charge is 2.20. The summed E-state index contributed by atoms with van der Waals surface area (Å²) in [5.74, 6) is -0.603. The second kappa shape index (κ2) is 3.85. The average Bonchev–Trinajstić information content (AvgIpc) is 2.68. The summed E-state index contributed by atoms with van der Waals surface area (Å²) in [6, 6.07) is 2.82. The number of nitro benzene ring substituents is 1. The lowest BCUT2D eigenvalue weighted by Gasteiger charge is -2.00. The molecule has 2 rings (SSSR count). The van der Waals surface area contributed by atoms with Gasteiger partial charge in [-0.25, -0.2) is 0 Å². The number of hydrogen-bond acceptors (Lipinski definition) is 5. The molecular weight excluding hydrogens is 226 g/mol. The van der Waals surface area contributed by atoms with Crippen molar-refractivity contribution < 1.29 is 19.2 Å². The van der Waals surface area contributed by atoms with Crippen LogP contribution >= 0.6 is 0 Å². The topological polar surface area (TPSA) is 96.1 Å². The Morgan fingerprint density at radius 3 is 2.65 bits per heavy atom. The maximum Gasteiger partial charge on any atom is 0.276 e. The molecule has 0 atom stereocenters. The summed E-state index contributed by atoms with van der Waals surface area (Å²) >= 11 is 0. The lowest BCUT2D eigenvalue weighted by Crippen LogP contribution is -2.32. The van der Waals surface area contributed by atoms with E-state index in [-0.39, 0.29) is 5.69 Å². The molecule has 1 aromatic carbocycles. The van der Waals surface area contributed by atoms with Gasteiger partial charge < -0.3 is 9.63 Å². The van der Waals surface area contributed by atoms with Gasteiger partial charge in [-0.15, -0.1) is 0 Å². The summed E-state index contributed by atoms with van der Waals surface area (Å²) in [5, 5.41) is 25.1. The van der Waals surface area contributed by atoms with E-state index in [9.17, 15) is 15.2 Å². The highest BCUT2D eigenvalue weighted by molar-refractivity contribution is 5.48. The zero-order valence-corrected chi connectivity index (χ0v) is 9.21. The van der Waals surface area contributed by atoms with Crippen LogP contribution in [0.15, 0.2) is 22.9 Å². The van der Waals surface area contributed by atoms with E-state index in [1.54, 1.807) is 13.8 Å². The first-order valence-electron chi connectivity index (χ1n) is 4.80. The van der Waals surface area contributed by atoms with Crippen LogP contribution in [0.3, 0.4) is 0 Å². The minimum Gasteiger partial charge on any atom is -0.539 e. The number of nitro groups is 1. The van der Waals surface area contributed by atoms with Gasteiger partial charge in [0, 0.05) is 11.6 Å². The van der Waals surface area contributed by atoms with Crippen molar-refractivity contribution in [3.8, 4) is 11.6 Å². The lowest BCUT2D eigenvalue weighted by molar-refractivity contribution is -0.671. The molecule has 1 heterocycles. The lowest BCUT2D eigenvalue weighted by atomic mass is 10.1. The first-order chi connectivity index (χ1) is 7.99. The highest BCUT2D eigenvalue weighted by Crippen LogP contribution is 2.21.